The monoisotopic (exact) mass is 289 g/mol. The molecule has 0 unspecified atom stereocenters. The van der Waals surface area contributed by atoms with E-state index < -0.39 is 0 Å². The Bertz CT molecular complexity index is 696. The third-order valence-electron chi connectivity index (χ3n) is 3.96. The lowest BCUT2D eigenvalue weighted by molar-refractivity contribution is 0.450. The van der Waals surface area contributed by atoms with E-state index in [1.165, 1.54) is 12.1 Å². The van der Waals surface area contributed by atoms with Crippen LogP contribution in [0.15, 0.2) is 29.1 Å². The molecule has 1 aromatic carbocycles. The molecule has 0 spiro atoms. The van der Waals surface area contributed by atoms with Crippen LogP contribution in [-0.4, -0.2) is 9.36 Å². The second-order valence-electron chi connectivity index (χ2n) is 5.69. The van der Waals surface area contributed by atoms with Crippen LogP contribution in [0.4, 0.5) is 10.1 Å². The molecule has 3 rings (SSSR count). The number of hydrogen-bond acceptors (Lipinski definition) is 2. The lowest BCUT2D eigenvalue weighted by Crippen LogP contribution is -2.25. The highest BCUT2D eigenvalue weighted by Gasteiger charge is 2.32. The van der Waals surface area contributed by atoms with Crippen LogP contribution in [0.2, 0.25) is 0 Å². The summed E-state index contributed by atoms with van der Waals surface area (Å²) < 4.78 is 16.7. The van der Waals surface area contributed by atoms with E-state index in [4.69, 9.17) is 5.73 Å². The largest absolute Gasteiger partial charge is 0.393 e. The number of nitrogens with two attached hydrogens (primary N) is 1. The third kappa shape index (κ3) is 2.60. The lowest BCUT2D eigenvalue weighted by Gasteiger charge is -2.14. The maximum Gasteiger partial charge on any atom is 0.290 e. The first-order chi connectivity index (χ1) is 10.1. The normalized spacial score (nSPS) is 14.6. The van der Waals surface area contributed by atoms with Crippen LogP contribution in [0, 0.1) is 5.82 Å². The average molecular weight is 289 g/mol. The lowest BCUT2D eigenvalue weighted by atomic mass is 10.2. The molecule has 1 fully saturated rings. The van der Waals surface area contributed by atoms with E-state index in [1.54, 1.807) is 16.8 Å². The van der Waals surface area contributed by atoms with Crippen molar-refractivity contribution in [2.45, 2.75) is 45.2 Å². The highest BCUT2D eigenvalue weighted by Crippen LogP contribution is 2.42. The molecule has 2 aromatic rings. The van der Waals surface area contributed by atoms with Crippen molar-refractivity contribution in [1.29, 1.82) is 0 Å². The number of aromatic nitrogens is 2. The summed E-state index contributed by atoms with van der Waals surface area (Å²) >= 11 is 0. The second kappa shape index (κ2) is 5.39. The van der Waals surface area contributed by atoms with Gasteiger partial charge < -0.3 is 5.73 Å². The predicted molar refractivity (Wildman–Crippen MR) is 80.9 cm³/mol. The second-order valence-corrected chi connectivity index (χ2v) is 5.69. The van der Waals surface area contributed by atoms with Gasteiger partial charge in [-0.3, -0.25) is 9.48 Å². The maximum absolute atomic E-state index is 13.0. The summed E-state index contributed by atoms with van der Waals surface area (Å²) in [6.45, 7) is 3.29. The van der Waals surface area contributed by atoms with Crippen LogP contribution < -0.4 is 11.3 Å². The van der Waals surface area contributed by atoms with E-state index in [0.717, 1.165) is 37.1 Å². The van der Waals surface area contributed by atoms with E-state index in [2.05, 4.69) is 6.92 Å². The van der Waals surface area contributed by atoms with Gasteiger partial charge >= 0.3 is 0 Å². The Morgan fingerprint density at radius 1 is 1.24 bits per heavy atom. The average Bonchev–Trinajstić information content (AvgIpc) is 3.27. The Hall–Kier alpha value is -2.04. The zero-order valence-electron chi connectivity index (χ0n) is 12.2. The topological polar surface area (TPSA) is 52.9 Å². The van der Waals surface area contributed by atoms with Crippen molar-refractivity contribution in [3.05, 3.63) is 51.7 Å². The minimum Gasteiger partial charge on any atom is -0.393 e. The Balaban J connectivity index is 2.02. The molecule has 112 valence electrons. The summed E-state index contributed by atoms with van der Waals surface area (Å²) in [4.78, 5) is 12.4. The van der Waals surface area contributed by atoms with Gasteiger partial charge in [0.05, 0.1) is 12.2 Å². The van der Waals surface area contributed by atoms with Gasteiger partial charge in [0.1, 0.15) is 11.5 Å². The van der Waals surface area contributed by atoms with Crippen molar-refractivity contribution >= 4 is 5.69 Å². The first-order valence-electron chi connectivity index (χ1n) is 7.45. The SMILES string of the molecule is CCCn1c(C2CC2)c(N)c(=O)n1Cc1ccc(F)cc1. The molecule has 1 aliphatic carbocycles. The van der Waals surface area contributed by atoms with Gasteiger partial charge in [-0.05, 0) is 37.0 Å². The molecular weight excluding hydrogens is 269 g/mol. The van der Waals surface area contributed by atoms with E-state index in [-0.39, 0.29) is 11.4 Å². The fraction of sp³-hybridized carbons (Fsp3) is 0.438. The number of nitrogen functional groups attached to an aromatic ring is 1. The molecule has 21 heavy (non-hydrogen) atoms. The van der Waals surface area contributed by atoms with Crippen molar-refractivity contribution in [3.8, 4) is 0 Å². The number of rotatable bonds is 5. The van der Waals surface area contributed by atoms with E-state index in [9.17, 15) is 9.18 Å². The van der Waals surface area contributed by atoms with Gasteiger partial charge in [0.2, 0.25) is 0 Å². The molecule has 0 radical (unpaired) electrons. The Morgan fingerprint density at radius 3 is 2.48 bits per heavy atom. The molecule has 0 amide bonds. The molecular formula is C16H20FN3O. The summed E-state index contributed by atoms with van der Waals surface area (Å²) in [6, 6.07) is 6.24. The smallest absolute Gasteiger partial charge is 0.290 e. The number of nitrogens with zero attached hydrogens (tertiary/aromatic N) is 2. The van der Waals surface area contributed by atoms with Crippen LogP contribution in [0.1, 0.15) is 43.4 Å². The van der Waals surface area contributed by atoms with Crippen LogP contribution in [-0.2, 0) is 13.1 Å². The molecule has 4 nitrogen and oxygen atoms in total. The number of anilines is 1. The Kier molecular flexibility index (Phi) is 3.57. The zero-order valence-corrected chi connectivity index (χ0v) is 12.2. The van der Waals surface area contributed by atoms with Crippen LogP contribution in [0.5, 0.6) is 0 Å². The van der Waals surface area contributed by atoms with E-state index in [0.29, 0.717) is 18.2 Å². The third-order valence-corrected chi connectivity index (χ3v) is 3.96. The van der Waals surface area contributed by atoms with Gasteiger partial charge in [0.25, 0.3) is 5.56 Å². The van der Waals surface area contributed by atoms with Gasteiger partial charge in [-0.2, -0.15) is 0 Å². The molecule has 1 aromatic heterocycles. The molecule has 0 saturated heterocycles. The van der Waals surface area contributed by atoms with Gasteiger partial charge in [-0.25, -0.2) is 9.07 Å². The highest BCUT2D eigenvalue weighted by atomic mass is 19.1. The molecule has 0 aliphatic heterocycles. The van der Waals surface area contributed by atoms with Gasteiger partial charge in [-0.1, -0.05) is 19.1 Å². The van der Waals surface area contributed by atoms with Crippen molar-refractivity contribution in [3.63, 3.8) is 0 Å². The number of benzene rings is 1. The molecule has 0 bridgehead atoms. The molecule has 0 atom stereocenters. The first-order valence-corrected chi connectivity index (χ1v) is 7.45. The number of halogens is 1. The standard InChI is InChI=1S/C16H20FN3O/c1-2-9-19-15(12-5-6-12)14(18)16(21)20(19)10-11-3-7-13(17)8-4-11/h3-4,7-8,12H,2,5-6,9-10,18H2,1H3. The van der Waals surface area contributed by atoms with Crippen molar-refractivity contribution in [2.24, 2.45) is 0 Å². The summed E-state index contributed by atoms with van der Waals surface area (Å²) in [7, 11) is 0. The van der Waals surface area contributed by atoms with Crippen LogP contribution in [0.25, 0.3) is 0 Å². The minimum atomic E-state index is -0.270. The van der Waals surface area contributed by atoms with Crippen molar-refractivity contribution in [1.82, 2.24) is 9.36 Å². The summed E-state index contributed by atoms with van der Waals surface area (Å²) in [5.41, 5.74) is 8.18. The number of hydrogen-bond donors (Lipinski definition) is 1. The quantitative estimate of drug-likeness (QED) is 0.920. The molecule has 5 heteroatoms. The van der Waals surface area contributed by atoms with Gasteiger partial charge in [-0.15, -0.1) is 0 Å². The fourth-order valence-electron chi connectivity index (χ4n) is 2.79. The van der Waals surface area contributed by atoms with E-state index in [1.807, 2.05) is 4.68 Å². The Labute approximate surface area is 123 Å². The van der Waals surface area contributed by atoms with Crippen molar-refractivity contribution in [2.75, 3.05) is 5.73 Å². The summed E-state index contributed by atoms with van der Waals surface area (Å²) in [5, 5.41) is 0. The zero-order chi connectivity index (χ0) is 15.0. The van der Waals surface area contributed by atoms with Crippen LogP contribution in [0.3, 0.4) is 0 Å². The fourth-order valence-corrected chi connectivity index (χ4v) is 2.79. The first kappa shape index (κ1) is 13.9. The molecule has 1 heterocycles. The van der Waals surface area contributed by atoms with Gasteiger partial charge in [0, 0.05) is 12.5 Å². The van der Waals surface area contributed by atoms with Crippen molar-refractivity contribution < 1.29 is 4.39 Å². The summed E-state index contributed by atoms with van der Waals surface area (Å²) in [6.07, 6.45) is 3.15. The minimum absolute atomic E-state index is 0.130. The molecule has 2 N–H and O–H groups in total. The molecule has 1 aliphatic rings. The highest BCUT2D eigenvalue weighted by molar-refractivity contribution is 5.45. The van der Waals surface area contributed by atoms with Gasteiger partial charge in [0.15, 0.2) is 0 Å². The van der Waals surface area contributed by atoms with Crippen LogP contribution >= 0.6 is 0 Å². The van der Waals surface area contributed by atoms with E-state index >= 15 is 0 Å². The Morgan fingerprint density at radius 2 is 1.90 bits per heavy atom. The predicted octanol–water partition coefficient (Wildman–Crippen LogP) is 2.71. The maximum atomic E-state index is 13.0. The molecule has 1 saturated carbocycles. The summed E-state index contributed by atoms with van der Waals surface area (Å²) in [5.74, 6) is 0.159.